The summed E-state index contributed by atoms with van der Waals surface area (Å²) in [6.45, 7) is 1.27. The Kier molecular flexibility index (Phi) is 4.92. The van der Waals surface area contributed by atoms with Gasteiger partial charge < -0.3 is 10.6 Å². The lowest BCUT2D eigenvalue weighted by Crippen LogP contribution is -2.41. The Morgan fingerprint density at radius 1 is 1.52 bits per heavy atom. The zero-order valence-corrected chi connectivity index (χ0v) is 13.8. The first-order chi connectivity index (χ1) is 9.82. The van der Waals surface area contributed by atoms with Crippen LogP contribution in [0.5, 0.6) is 0 Å². The first-order valence-corrected chi connectivity index (χ1v) is 8.59. The monoisotopic (exact) mass is 328 g/mol. The molecule has 1 fully saturated rings. The fourth-order valence-electron chi connectivity index (χ4n) is 2.54. The second-order valence-corrected chi connectivity index (χ2v) is 7.75. The van der Waals surface area contributed by atoms with E-state index in [1.807, 2.05) is 19.0 Å². The van der Waals surface area contributed by atoms with Gasteiger partial charge in [0.2, 0.25) is 10.0 Å². The van der Waals surface area contributed by atoms with Gasteiger partial charge in [0.25, 0.3) is 0 Å². The third-order valence-corrected chi connectivity index (χ3v) is 5.64. The van der Waals surface area contributed by atoms with Crippen LogP contribution in [0.3, 0.4) is 0 Å². The molecule has 1 aromatic rings. The van der Waals surface area contributed by atoms with Crippen LogP contribution >= 0.6 is 12.2 Å². The molecule has 2 N–H and O–H groups in total. The van der Waals surface area contributed by atoms with Crippen molar-refractivity contribution in [3.63, 3.8) is 0 Å². The van der Waals surface area contributed by atoms with Gasteiger partial charge in [0.1, 0.15) is 9.88 Å². The Balaban J connectivity index is 2.26. The van der Waals surface area contributed by atoms with E-state index < -0.39 is 10.0 Å². The topological polar surface area (TPSA) is 79.5 Å². The maximum Gasteiger partial charge on any atom is 0.244 e. The van der Waals surface area contributed by atoms with Gasteiger partial charge in [0.15, 0.2) is 0 Å². The van der Waals surface area contributed by atoms with Crippen molar-refractivity contribution in [2.24, 2.45) is 5.73 Å². The molecule has 0 aliphatic carbocycles. The first kappa shape index (κ1) is 16.3. The van der Waals surface area contributed by atoms with Crippen molar-refractivity contribution < 1.29 is 8.42 Å². The molecule has 2 heterocycles. The van der Waals surface area contributed by atoms with Crippen LogP contribution in [0.4, 0.5) is 0 Å². The van der Waals surface area contributed by atoms with E-state index in [2.05, 4.69) is 4.98 Å². The maximum atomic E-state index is 12.7. The molecular formula is C13H20N4O2S2. The van der Waals surface area contributed by atoms with Crippen LogP contribution in [0.1, 0.15) is 18.5 Å². The summed E-state index contributed by atoms with van der Waals surface area (Å²) in [4.78, 5) is 6.37. The second-order valence-electron chi connectivity index (χ2n) is 5.42. The quantitative estimate of drug-likeness (QED) is 0.790. The van der Waals surface area contributed by atoms with E-state index in [-0.39, 0.29) is 15.9 Å². The van der Waals surface area contributed by atoms with Crippen molar-refractivity contribution in [3.8, 4) is 0 Å². The minimum Gasteiger partial charge on any atom is -0.388 e. The van der Waals surface area contributed by atoms with Crippen molar-refractivity contribution in [2.75, 3.05) is 27.2 Å². The summed E-state index contributed by atoms with van der Waals surface area (Å²) in [6, 6.07) is 3.08. The summed E-state index contributed by atoms with van der Waals surface area (Å²) in [7, 11) is 0.376. The minimum atomic E-state index is -3.52. The van der Waals surface area contributed by atoms with E-state index >= 15 is 0 Å². The molecule has 116 valence electrons. The molecule has 0 bridgehead atoms. The number of thiocarbonyl (C=S) groups is 1. The number of likely N-dealkylation sites (N-methyl/N-ethyl adjacent to an activating group) is 1. The van der Waals surface area contributed by atoms with E-state index in [1.165, 1.54) is 12.3 Å². The van der Waals surface area contributed by atoms with Crippen molar-refractivity contribution in [3.05, 3.63) is 24.0 Å². The van der Waals surface area contributed by atoms with E-state index in [9.17, 15) is 8.42 Å². The molecule has 0 amide bonds. The normalized spacial score (nSPS) is 20.0. The lowest BCUT2D eigenvalue weighted by molar-refractivity contribution is 0.291. The molecule has 1 atom stereocenters. The fraction of sp³-hybridized carbons (Fsp3) is 0.538. The highest BCUT2D eigenvalue weighted by Crippen LogP contribution is 2.26. The van der Waals surface area contributed by atoms with Crippen molar-refractivity contribution >= 4 is 27.2 Å². The molecule has 1 aromatic heterocycles. The molecule has 0 saturated carbocycles. The van der Waals surface area contributed by atoms with E-state index in [1.54, 1.807) is 10.4 Å². The summed E-state index contributed by atoms with van der Waals surface area (Å²) < 4.78 is 27.0. The second kappa shape index (κ2) is 6.35. The number of nitrogens with two attached hydrogens (primary N) is 1. The predicted molar refractivity (Wildman–Crippen MR) is 85.6 cm³/mol. The van der Waals surface area contributed by atoms with Gasteiger partial charge in [-0.1, -0.05) is 12.2 Å². The Hall–Kier alpha value is -1.09. The molecule has 1 aliphatic rings. The first-order valence-electron chi connectivity index (χ1n) is 6.75. The summed E-state index contributed by atoms with van der Waals surface area (Å²) in [5.41, 5.74) is 5.90. The molecule has 1 unspecified atom stereocenters. The van der Waals surface area contributed by atoms with Gasteiger partial charge in [-0.25, -0.2) is 8.42 Å². The van der Waals surface area contributed by atoms with Gasteiger partial charge in [-0.05, 0) is 39.1 Å². The molecule has 6 nitrogen and oxygen atoms in total. The average Bonchev–Trinajstić information content (AvgIpc) is 2.86. The van der Waals surface area contributed by atoms with Gasteiger partial charge in [-0.3, -0.25) is 4.98 Å². The largest absolute Gasteiger partial charge is 0.388 e. The lowest BCUT2D eigenvalue weighted by atomic mass is 10.2. The van der Waals surface area contributed by atoms with Crippen LogP contribution in [-0.2, 0) is 10.0 Å². The van der Waals surface area contributed by atoms with Crippen LogP contribution in [0, 0.1) is 0 Å². The highest BCUT2D eigenvalue weighted by molar-refractivity contribution is 7.89. The van der Waals surface area contributed by atoms with Crippen molar-refractivity contribution in [1.82, 2.24) is 14.2 Å². The van der Waals surface area contributed by atoms with Gasteiger partial charge in [-0.2, -0.15) is 4.31 Å². The van der Waals surface area contributed by atoms with Crippen LogP contribution in [0.15, 0.2) is 23.2 Å². The number of aromatic nitrogens is 1. The van der Waals surface area contributed by atoms with Gasteiger partial charge in [0, 0.05) is 25.3 Å². The Morgan fingerprint density at radius 3 is 2.76 bits per heavy atom. The molecular weight excluding hydrogens is 308 g/mol. The molecule has 0 aromatic carbocycles. The number of sulfonamides is 1. The van der Waals surface area contributed by atoms with Crippen LogP contribution in [-0.4, -0.2) is 60.8 Å². The molecule has 21 heavy (non-hydrogen) atoms. The van der Waals surface area contributed by atoms with E-state index in [0.717, 1.165) is 19.4 Å². The zero-order valence-electron chi connectivity index (χ0n) is 12.2. The van der Waals surface area contributed by atoms with Gasteiger partial charge >= 0.3 is 0 Å². The highest BCUT2D eigenvalue weighted by Gasteiger charge is 2.35. The molecule has 1 saturated heterocycles. The van der Waals surface area contributed by atoms with Crippen molar-refractivity contribution in [2.45, 2.75) is 23.8 Å². The van der Waals surface area contributed by atoms with E-state index in [0.29, 0.717) is 12.2 Å². The molecule has 1 aliphatic heterocycles. The Morgan fingerprint density at radius 2 is 2.24 bits per heavy atom. The smallest absolute Gasteiger partial charge is 0.244 e. The standard InChI is InChI=1S/C13H20N4O2S2/c1-16(2)9-10-4-3-7-17(10)21(18,19)11-5-6-12(13(14)20)15-8-11/h5-6,8,10H,3-4,7,9H2,1-2H3,(H2,14,20). The maximum absolute atomic E-state index is 12.7. The fourth-order valence-corrected chi connectivity index (χ4v) is 4.30. The number of hydrogen-bond donors (Lipinski definition) is 1. The molecule has 2 rings (SSSR count). The van der Waals surface area contributed by atoms with Gasteiger partial charge in [-0.15, -0.1) is 0 Å². The molecule has 8 heteroatoms. The highest BCUT2D eigenvalue weighted by atomic mass is 32.2. The number of nitrogens with zero attached hydrogens (tertiary/aromatic N) is 3. The SMILES string of the molecule is CN(C)CC1CCCN1S(=O)(=O)c1ccc(C(N)=S)nc1. The molecule has 0 radical (unpaired) electrons. The lowest BCUT2D eigenvalue weighted by Gasteiger charge is -2.26. The third kappa shape index (κ3) is 3.57. The van der Waals surface area contributed by atoms with Crippen molar-refractivity contribution in [1.29, 1.82) is 0 Å². The number of rotatable bonds is 5. The summed E-state index contributed by atoms with van der Waals surface area (Å²) in [5.74, 6) is 0. The third-order valence-electron chi connectivity index (χ3n) is 3.49. The van der Waals surface area contributed by atoms with Crippen LogP contribution < -0.4 is 5.73 Å². The Bertz CT molecular complexity index is 614. The van der Waals surface area contributed by atoms with Crippen LogP contribution in [0.2, 0.25) is 0 Å². The number of pyridine rings is 1. The minimum absolute atomic E-state index is 0.0141. The number of hydrogen-bond acceptors (Lipinski definition) is 5. The zero-order chi connectivity index (χ0) is 15.6. The predicted octanol–water partition coefficient (Wildman–Crippen LogP) is 0.431. The summed E-state index contributed by atoms with van der Waals surface area (Å²) in [5, 5.41) is 0. The Labute approximate surface area is 131 Å². The molecule has 0 spiro atoms. The van der Waals surface area contributed by atoms with E-state index in [4.69, 9.17) is 18.0 Å². The van der Waals surface area contributed by atoms with Gasteiger partial charge in [0.05, 0.1) is 5.69 Å². The summed E-state index contributed by atoms with van der Waals surface area (Å²) in [6.07, 6.45) is 3.10. The average molecular weight is 328 g/mol. The van der Waals surface area contributed by atoms with Crippen LogP contribution in [0.25, 0.3) is 0 Å². The summed E-state index contributed by atoms with van der Waals surface area (Å²) >= 11 is 4.82.